The molecule has 1 aliphatic rings. The number of aliphatic imine (C=N–C) groups is 1. The molecule has 1 rings (SSSR count). The van der Waals surface area contributed by atoms with Gasteiger partial charge in [0.25, 0.3) is 0 Å². The third kappa shape index (κ3) is 1.81. The topological polar surface area (TPSA) is 12.4 Å². The second-order valence-corrected chi connectivity index (χ2v) is 2.89. The van der Waals surface area contributed by atoms with Gasteiger partial charge in [0.1, 0.15) is 0 Å². The number of nitrogens with zero attached hydrogens (tertiary/aromatic N) is 1. The fourth-order valence-electron chi connectivity index (χ4n) is 1.23. The van der Waals surface area contributed by atoms with Crippen LogP contribution >= 0.6 is 0 Å². The summed E-state index contributed by atoms with van der Waals surface area (Å²) in [6, 6.07) is 0.636. The summed E-state index contributed by atoms with van der Waals surface area (Å²) in [4.78, 5) is 3.98. The highest BCUT2D eigenvalue weighted by molar-refractivity contribution is 5.26. The van der Waals surface area contributed by atoms with Gasteiger partial charge in [-0.1, -0.05) is 19.8 Å². The molecule has 52 valence electrons. The zero-order valence-corrected chi connectivity index (χ0v) is 6.14. The maximum absolute atomic E-state index is 3.98. The van der Waals surface area contributed by atoms with Crippen LogP contribution in [0.5, 0.6) is 0 Å². The van der Waals surface area contributed by atoms with Crippen LogP contribution in [0, 0.1) is 5.92 Å². The van der Waals surface area contributed by atoms with Gasteiger partial charge in [-0.2, -0.15) is 0 Å². The van der Waals surface area contributed by atoms with Gasteiger partial charge in [0.05, 0.1) is 6.04 Å². The molecule has 0 aliphatic heterocycles. The molecule has 1 aliphatic carbocycles. The lowest BCUT2D eigenvalue weighted by molar-refractivity contribution is 0.639. The molecule has 2 atom stereocenters. The summed E-state index contributed by atoms with van der Waals surface area (Å²) >= 11 is 0. The molecule has 2 unspecified atom stereocenters. The minimum atomic E-state index is 0.636. The summed E-state index contributed by atoms with van der Waals surface area (Å²) in [5.74, 6) is 0.905. The van der Waals surface area contributed by atoms with E-state index < -0.39 is 0 Å². The van der Waals surface area contributed by atoms with Crippen molar-refractivity contribution in [2.75, 3.05) is 0 Å². The Morgan fingerprint density at radius 2 is 2.44 bits per heavy atom. The van der Waals surface area contributed by atoms with Gasteiger partial charge in [-0.3, -0.25) is 4.99 Å². The summed E-state index contributed by atoms with van der Waals surface area (Å²) in [6.07, 6.45) is 5.38. The number of unbranched alkanes of at least 4 members (excludes halogenated alkanes) is 1. The Morgan fingerprint density at radius 1 is 1.67 bits per heavy atom. The van der Waals surface area contributed by atoms with Crippen LogP contribution in [0.3, 0.4) is 0 Å². The normalized spacial score (nSPS) is 32.1. The van der Waals surface area contributed by atoms with Crippen molar-refractivity contribution in [2.45, 2.75) is 38.6 Å². The van der Waals surface area contributed by atoms with Gasteiger partial charge < -0.3 is 0 Å². The van der Waals surface area contributed by atoms with Crippen molar-refractivity contribution in [3.63, 3.8) is 0 Å². The van der Waals surface area contributed by atoms with Crippen molar-refractivity contribution in [1.82, 2.24) is 0 Å². The minimum absolute atomic E-state index is 0.636. The second kappa shape index (κ2) is 3.00. The van der Waals surface area contributed by atoms with Crippen LogP contribution in [-0.4, -0.2) is 12.8 Å². The lowest BCUT2D eigenvalue weighted by Gasteiger charge is -1.91. The Bertz CT molecular complexity index is 98.7. The van der Waals surface area contributed by atoms with E-state index in [0.717, 1.165) is 5.92 Å². The van der Waals surface area contributed by atoms with Crippen molar-refractivity contribution >= 4 is 6.72 Å². The summed E-state index contributed by atoms with van der Waals surface area (Å²) in [5.41, 5.74) is 0. The molecule has 0 N–H and O–H groups in total. The van der Waals surface area contributed by atoms with E-state index in [1.54, 1.807) is 0 Å². The smallest absolute Gasteiger partial charge is 0.0524 e. The maximum Gasteiger partial charge on any atom is 0.0524 e. The first-order valence-corrected chi connectivity index (χ1v) is 3.84. The van der Waals surface area contributed by atoms with Gasteiger partial charge in [-0.25, -0.2) is 0 Å². The van der Waals surface area contributed by atoms with Crippen molar-refractivity contribution in [1.29, 1.82) is 0 Å². The molecule has 1 fully saturated rings. The van der Waals surface area contributed by atoms with Crippen LogP contribution < -0.4 is 0 Å². The van der Waals surface area contributed by atoms with E-state index in [0.29, 0.717) is 6.04 Å². The van der Waals surface area contributed by atoms with E-state index in [4.69, 9.17) is 0 Å². The third-order valence-electron chi connectivity index (χ3n) is 2.05. The lowest BCUT2D eigenvalue weighted by atomic mass is 10.2. The Hall–Kier alpha value is -0.330. The molecule has 0 saturated heterocycles. The SMILES string of the molecule is C=NC1CC1CCCC. The summed E-state index contributed by atoms with van der Waals surface area (Å²) in [7, 11) is 0. The molecule has 1 saturated carbocycles. The van der Waals surface area contributed by atoms with E-state index in [-0.39, 0.29) is 0 Å². The van der Waals surface area contributed by atoms with Gasteiger partial charge in [-0.05, 0) is 25.5 Å². The molecule has 9 heavy (non-hydrogen) atoms. The first-order chi connectivity index (χ1) is 4.38. The van der Waals surface area contributed by atoms with Crippen LogP contribution in [0.2, 0.25) is 0 Å². The van der Waals surface area contributed by atoms with E-state index in [9.17, 15) is 0 Å². The third-order valence-corrected chi connectivity index (χ3v) is 2.05. The van der Waals surface area contributed by atoms with Crippen molar-refractivity contribution in [2.24, 2.45) is 10.9 Å². The summed E-state index contributed by atoms with van der Waals surface area (Å²) in [6.45, 7) is 5.77. The van der Waals surface area contributed by atoms with Gasteiger partial charge in [0, 0.05) is 0 Å². The number of rotatable bonds is 4. The quantitative estimate of drug-likeness (QED) is 0.511. The van der Waals surface area contributed by atoms with Crippen molar-refractivity contribution in [3.05, 3.63) is 0 Å². The highest BCUT2D eigenvalue weighted by Gasteiger charge is 2.34. The molecular formula is C8H15N. The van der Waals surface area contributed by atoms with Gasteiger partial charge in [0.15, 0.2) is 0 Å². The van der Waals surface area contributed by atoms with E-state index in [1.165, 1.54) is 25.7 Å². The Labute approximate surface area is 57.2 Å². The monoisotopic (exact) mass is 125 g/mol. The van der Waals surface area contributed by atoms with Gasteiger partial charge in [-0.15, -0.1) is 0 Å². The fourth-order valence-corrected chi connectivity index (χ4v) is 1.23. The molecule has 0 spiro atoms. The van der Waals surface area contributed by atoms with Crippen molar-refractivity contribution < 1.29 is 0 Å². The largest absolute Gasteiger partial charge is 0.297 e. The van der Waals surface area contributed by atoms with Gasteiger partial charge in [0.2, 0.25) is 0 Å². The molecule has 0 heterocycles. The van der Waals surface area contributed by atoms with Crippen molar-refractivity contribution in [3.8, 4) is 0 Å². The Kier molecular flexibility index (Phi) is 2.26. The van der Waals surface area contributed by atoms with E-state index >= 15 is 0 Å². The standard InChI is InChI=1S/C8H15N/c1-3-4-5-7-6-8(7)9-2/h7-8H,2-6H2,1H3. The number of hydrogen-bond donors (Lipinski definition) is 0. The molecular weight excluding hydrogens is 110 g/mol. The highest BCUT2D eigenvalue weighted by Crippen LogP contribution is 2.37. The predicted octanol–water partition coefficient (Wildman–Crippen LogP) is 2.27. The van der Waals surface area contributed by atoms with E-state index in [1.807, 2.05) is 0 Å². The zero-order valence-electron chi connectivity index (χ0n) is 6.14. The lowest BCUT2D eigenvalue weighted by Crippen LogP contribution is -1.82. The minimum Gasteiger partial charge on any atom is -0.297 e. The first-order valence-electron chi connectivity index (χ1n) is 3.84. The molecule has 0 aromatic rings. The van der Waals surface area contributed by atoms with Crippen LogP contribution in [0.1, 0.15) is 32.6 Å². The molecule has 0 aromatic carbocycles. The zero-order chi connectivity index (χ0) is 6.69. The molecule has 0 radical (unpaired) electrons. The molecule has 0 aromatic heterocycles. The fraction of sp³-hybridized carbons (Fsp3) is 0.875. The summed E-state index contributed by atoms with van der Waals surface area (Å²) < 4.78 is 0. The Morgan fingerprint density at radius 3 is 2.89 bits per heavy atom. The second-order valence-electron chi connectivity index (χ2n) is 2.89. The highest BCUT2D eigenvalue weighted by atomic mass is 14.8. The number of hydrogen-bond acceptors (Lipinski definition) is 1. The molecule has 0 amide bonds. The molecule has 1 nitrogen and oxygen atoms in total. The molecule has 1 heteroatoms. The first kappa shape index (κ1) is 6.79. The maximum atomic E-state index is 3.98. The van der Waals surface area contributed by atoms with Gasteiger partial charge >= 0.3 is 0 Å². The summed E-state index contributed by atoms with van der Waals surface area (Å²) in [5, 5.41) is 0. The van der Waals surface area contributed by atoms with Crippen LogP contribution in [-0.2, 0) is 0 Å². The van der Waals surface area contributed by atoms with Crippen LogP contribution in [0.15, 0.2) is 4.99 Å². The van der Waals surface area contributed by atoms with Crippen LogP contribution in [0.4, 0.5) is 0 Å². The average molecular weight is 125 g/mol. The average Bonchev–Trinajstić information content (AvgIpc) is 2.62. The predicted molar refractivity (Wildman–Crippen MR) is 41.0 cm³/mol. The van der Waals surface area contributed by atoms with E-state index in [2.05, 4.69) is 18.6 Å². The van der Waals surface area contributed by atoms with Crippen LogP contribution in [0.25, 0.3) is 0 Å². The Balaban J connectivity index is 1.98. The molecule has 0 bridgehead atoms.